The number of nitrogens with zero attached hydrogens (tertiary/aromatic N) is 1. The van der Waals surface area contributed by atoms with Crippen LogP contribution in [0.25, 0.3) is 0 Å². The fourth-order valence-corrected chi connectivity index (χ4v) is 2.87. The molecular formula is C18H23F3N2O. The zero-order valence-electron chi connectivity index (χ0n) is 14.4. The molecule has 1 aromatic rings. The summed E-state index contributed by atoms with van der Waals surface area (Å²) in [6.45, 7) is 8.25. The minimum Gasteiger partial charge on any atom is -0.327 e. The number of hydrogen-bond donors (Lipinski definition) is 1. The van der Waals surface area contributed by atoms with E-state index in [2.05, 4.69) is 5.32 Å². The molecule has 0 aliphatic carbocycles. The first-order valence-corrected chi connectivity index (χ1v) is 7.99. The van der Waals surface area contributed by atoms with Crippen LogP contribution in [-0.4, -0.2) is 23.4 Å². The third-order valence-corrected chi connectivity index (χ3v) is 3.97. The van der Waals surface area contributed by atoms with Crippen LogP contribution in [0.3, 0.4) is 0 Å². The predicted molar refractivity (Wildman–Crippen MR) is 87.1 cm³/mol. The van der Waals surface area contributed by atoms with Crippen molar-refractivity contribution in [1.82, 2.24) is 10.2 Å². The molecule has 1 N–H and O–H groups in total. The van der Waals surface area contributed by atoms with E-state index in [0.717, 1.165) is 17.8 Å². The third kappa shape index (κ3) is 4.60. The molecule has 0 spiro atoms. The van der Waals surface area contributed by atoms with Gasteiger partial charge in [0, 0.05) is 18.8 Å². The lowest BCUT2D eigenvalue weighted by molar-refractivity contribution is -0.137. The standard InChI is InChI=1S/C18H23F3N2O/c1-11(2)5-16-10-23(13(4)17(24)22-16)9-14-6-12(3)7-15(8-14)18(19,20)21/h5-8,11,13H,9-10H2,1-4H3,(H,22,24)/b16-5-. The number of nitrogens with one attached hydrogen (secondary N) is 1. The molecule has 1 aliphatic rings. The smallest absolute Gasteiger partial charge is 0.327 e. The molecule has 1 saturated heterocycles. The minimum absolute atomic E-state index is 0.128. The van der Waals surface area contributed by atoms with Crippen LogP contribution in [0.5, 0.6) is 0 Å². The summed E-state index contributed by atoms with van der Waals surface area (Å²) in [6.07, 6.45) is -2.40. The van der Waals surface area contributed by atoms with Crippen molar-refractivity contribution < 1.29 is 18.0 Å². The van der Waals surface area contributed by atoms with Gasteiger partial charge in [0.1, 0.15) is 0 Å². The van der Waals surface area contributed by atoms with Crippen LogP contribution < -0.4 is 5.32 Å². The van der Waals surface area contributed by atoms with Gasteiger partial charge in [-0.1, -0.05) is 31.6 Å². The molecule has 1 unspecified atom stereocenters. The van der Waals surface area contributed by atoms with Gasteiger partial charge in [-0.15, -0.1) is 0 Å². The van der Waals surface area contributed by atoms with Crippen LogP contribution in [0.2, 0.25) is 0 Å². The summed E-state index contributed by atoms with van der Waals surface area (Å²) in [5, 5.41) is 2.86. The van der Waals surface area contributed by atoms with Crippen molar-refractivity contribution >= 4 is 5.91 Å². The Labute approximate surface area is 140 Å². The topological polar surface area (TPSA) is 32.3 Å². The summed E-state index contributed by atoms with van der Waals surface area (Å²) in [7, 11) is 0. The van der Waals surface area contributed by atoms with E-state index in [1.165, 1.54) is 0 Å². The van der Waals surface area contributed by atoms with Crippen LogP contribution in [0, 0.1) is 12.8 Å². The largest absolute Gasteiger partial charge is 0.416 e. The van der Waals surface area contributed by atoms with Gasteiger partial charge in [-0.2, -0.15) is 13.2 Å². The van der Waals surface area contributed by atoms with E-state index in [4.69, 9.17) is 0 Å². The summed E-state index contributed by atoms with van der Waals surface area (Å²) in [5.41, 5.74) is 1.28. The molecule has 1 amide bonds. The van der Waals surface area contributed by atoms with Gasteiger partial charge in [0.15, 0.2) is 0 Å². The normalized spacial score (nSPS) is 21.4. The number of allylic oxidation sites excluding steroid dienone is 1. The summed E-state index contributed by atoms with van der Waals surface area (Å²) >= 11 is 0. The zero-order chi connectivity index (χ0) is 18.1. The number of piperazine rings is 1. The lowest BCUT2D eigenvalue weighted by atomic mass is 10.0. The molecule has 1 aliphatic heterocycles. The number of benzene rings is 1. The van der Waals surface area contributed by atoms with Gasteiger partial charge in [0.25, 0.3) is 0 Å². The van der Waals surface area contributed by atoms with Crippen molar-refractivity contribution in [2.24, 2.45) is 5.92 Å². The Bertz CT molecular complexity index is 650. The molecule has 1 atom stereocenters. The molecule has 24 heavy (non-hydrogen) atoms. The maximum Gasteiger partial charge on any atom is 0.416 e. The second kappa shape index (κ2) is 6.97. The molecule has 0 saturated carbocycles. The Hall–Kier alpha value is -1.82. The van der Waals surface area contributed by atoms with E-state index in [0.29, 0.717) is 24.2 Å². The minimum atomic E-state index is -4.37. The first-order chi connectivity index (χ1) is 11.1. The van der Waals surface area contributed by atoms with E-state index in [9.17, 15) is 18.0 Å². The summed E-state index contributed by atoms with van der Waals surface area (Å²) in [4.78, 5) is 14.0. The number of amides is 1. The number of aryl methyl sites for hydroxylation is 1. The van der Waals surface area contributed by atoms with Crippen molar-refractivity contribution in [2.45, 2.75) is 46.5 Å². The predicted octanol–water partition coefficient (Wildman–Crippen LogP) is 3.87. The van der Waals surface area contributed by atoms with Crippen LogP contribution in [-0.2, 0) is 17.5 Å². The van der Waals surface area contributed by atoms with Crippen molar-refractivity contribution in [3.8, 4) is 0 Å². The molecule has 6 heteroatoms. The van der Waals surface area contributed by atoms with E-state index in [-0.39, 0.29) is 17.9 Å². The van der Waals surface area contributed by atoms with Crippen LogP contribution >= 0.6 is 0 Å². The van der Waals surface area contributed by atoms with E-state index in [1.807, 2.05) is 24.8 Å². The van der Waals surface area contributed by atoms with E-state index < -0.39 is 11.7 Å². The highest BCUT2D eigenvalue weighted by atomic mass is 19.4. The molecule has 1 aromatic carbocycles. The molecule has 0 aromatic heterocycles. The summed E-state index contributed by atoms with van der Waals surface area (Å²) < 4.78 is 39.0. The fraction of sp³-hybridized carbons (Fsp3) is 0.500. The first kappa shape index (κ1) is 18.5. The Morgan fingerprint density at radius 3 is 2.58 bits per heavy atom. The molecule has 0 bridgehead atoms. The van der Waals surface area contributed by atoms with Crippen molar-refractivity contribution in [1.29, 1.82) is 0 Å². The average Bonchev–Trinajstić information content (AvgIpc) is 2.42. The van der Waals surface area contributed by atoms with E-state index in [1.54, 1.807) is 19.9 Å². The van der Waals surface area contributed by atoms with Crippen molar-refractivity contribution in [3.63, 3.8) is 0 Å². The highest BCUT2D eigenvalue weighted by Gasteiger charge is 2.32. The third-order valence-electron chi connectivity index (χ3n) is 3.97. The molecular weight excluding hydrogens is 317 g/mol. The SMILES string of the molecule is Cc1cc(CN2C/C(=C/C(C)C)NC(=O)C2C)cc(C(F)(F)F)c1. The van der Waals surface area contributed by atoms with Gasteiger partial charge in [-0.3, -0.25) is 9.69 Å². The van der Waals surface area contributed by atoms with Crippen LogP contribution in [0.1, 0.15) is 37.5 Å². The van der Waals surface area contributed by atoms with Gasteiger partial charge in [-0.05, 0) is 37.5 Å². The van der Waals surface area contributed by atoms with Gasteiger partial charge in [-0.25, -0.2) is 0 Å². The number of hydrogen-bond acceptors (Lipinski definition) is 2. The summed E-state index contributed by atoms with van der Waals surface area (Å²) in [5.74, 6) is 0.156. The monoisotopic (exact) mass is 340 g/mol. The average molecular weight is 340 g/mol. The van der Waals surface area contributed by atoms with Gasteiger partial charge >= 0.3 is 6.18 Å². The summed E-state index contributed by atoms with van der Waals surface area (Å²) in [6, 6.07) is 3.65. The molecule has 3 nitrogen and oxygen atoms in total. The Morgan fingerprint density at radius 1 is 1.33 bits per heavy atom. The Balaban J connectivity index is 2.25. The number of carbonyl (C=O) groups excluding carboxylic acids is 1. The molecule has 1 heterocycles. The Kier molecular flexibility index (Phi) is 5.38. The lowest BCUT2D eigenvalue weighted by Gasteiger charge is -2.34. The van der Waals surface area contributed by atoms with Crippen molar-refractivity contribution in [2.75, 3.05) is 6.54 Å². The number of alkyl halides is 3. The fourth-order valence-electron chi connectivity index (χ4n) is 2.87. The first-order valence-electron chi connectivity index (χ1n) is 7.99. The highest BCUT2D eigenvalue weighted by molar-refractivity contribution is 5.84. The number of carbonyl (C=O) groups is 1. The van der Waals surface area contributed by atoms with Gasteiger partial charge in [0.05, 0.1) is 11.6 Å². The zero-order valence-corrected chi connectivity index (χ0v) is 14.4. The quantitative estimate of drug-likeness (QED) is 0.906. The van der Waals surface area contributed by atoms with Crippen LogP contribution in [0.15, 0.2) is 30.0 Å². The van der Waals surface area contributed by atoms with Gasteiger partial charge < -0.3 is 5.32 Å². The van der Waals surface area contributed by atoms with Crippen LogP contribution in [0.4, 0.5) is 13.2 Å². The highest BCUT2D eigenvalue weighted by Crippen LogP contribution is 2.31. The second-order valence-electron chi connectivity index (χ2n) is 6.71. The Morgan fingerprint density at radius 2 is 2.00 bits per heavy atom. The number of rotatable bonds is 3. The van der Waals surface area contributed by atoms with Gasteiger partial charge in [0.2, 0.25) is 5.91 Å². The molecule has 0 radical (unpaired) electrons. The van der Waals surface area contributed by atoms with Crippen molar-refractivity contribution in [3.05, 3.63) is 46.7 Å². The molecule has 1 fully saturated rings. The van der Waals surface area contributed by atoms with E-state index >= 15 is 0 Å². The second-order valence-corrected chi connectivity index (χ2v) is 6.71. The molecule has 2 rings (SSSR count). The lowest BCUT2D eigenvalue weighted by Crippen LogP contribution is -2.52. The molecule has 132 valence electrons. The number of halogens is 3. The maximum atomic E-state index is 13.0. The maximum absolute atomic E-state index is 13.0.